The number of rotatable bonds is 5. The zero-order valence-corrected chi connectivity index (χ0v) is 15.8. The molecule has 0 radical (unpaired) electrons. The van der Waals surface area contributed by atoms with Gasteiger partial charge in [0.15, 0.2) is 5.82 Å². The van der Waals surface area contributed by atoms with Gasteiger partial charge < -0.3 is 19.3 Å². The molecule has 1 atom stereocenters. The van der Waals surface area contributed by atoms with Crippen LogP contribution < -0.4 is 9.80 Å². The highest BCUT2D eigenvalue weighted by atomic mass is 35.5. The zero-order chi connectivity index (χ0) is 18.0. The Bertz CT molecular complexity index is 640. The van der Waals surface area contributed by atoms with Crippen molar-refractivity contribution in [3.8, 4) is 0 Å². The van der Waals surface area contributed by atoms with E-state index in [4.69, 9.17) is 21.1 Å². The highest BCUT2D eigenvalue weighted by molar-refractivity contribution is 6.28. The molecule has 0 unspecified atom stereocenters. The van der Waals surface area contributed by atoms with Gasteiger partial charge in [0.25, 0.3) is 0 Å². The molecule has 25 heavy (non-hydrogen) atoms. The molecule has 0 spiro atoms. The number of esters is 1. The first-order valence-corrected chi connectivity index (χ1v) is 9.05. The Hall–Kier alpha value is -1.60. The van der Waals surface area contributed by atoms with Crippen LogP contribution in [0.4, 0.5) is 11.5 Å². The lowest BCUT2D eigenvalue weighted by molar-refractivity contribution is -0.154. The number of aromatic nitrogens is 2. The molecule has 3 heterocycles. The van der Waals surface area contributed by atoms with Crippen LogP contribution in [0.25, 0.3) is 0 Å². The van der Waals surface area contributed by atoms with E-state index in [1.807, 2.05) is 13.8 Å². The summed E-state index contributed by atoms with van der Waals surface area (Å²) in [6, 6.07) is 0.272. The second-order valence-electron chi connectivity index (χ2n) is 7.17. The Balaban J connectivity index is 1.70. The molecule has 1 fully saturated rings. The van der Waals surface area contributed by atoms with Crippen LogP contribution in [0.15, 0.2) is 6.20 Å². The lowest BCUT2D eigenvalue weighted by Crippen LogP contribution is -2.55. The number of ether oxygens (including phenoxy) is 2. The molecule has 8 heteroatoms. The molecule has 3 rings (SSSR count). The monoisotopic (exact) mass is 368 g/mol. The molecule has 0 bridgehead atoms. The summed E-state index contributed by atoms with van der Waals surface area (Å²) in [5, 5.41) is 0.266. The second kappa shape index (κ2) is 7.33. The predicted octanol–water partition coefficient (Wildman–Crippen LogP) is 2.28. The van der Waals surface area contributed by atoms with Gasteiger partial charge in [0.1, 0.15) is 5.60 Å². The van der Waals surface area contributed by atoms with E-state index in [-0.39, 0.29) is 17.3 Å². The third-order valence-electron chi connectivity index (χ3n) is 4.62. The van der Waals surface area contributed by atoms with E-state index >= 15 is 0 Å². The molecule has 1 aromatic rings. The van der Waals surface area contributed by atoms with Crippen molar-refractivity contribution in [2.24, 2.45) is 0 Å². The molecule has 0 aliphatic carbocycles. The summed E-state index contributed by atoms with van der Waals surface area (Å²) in [7, 11) is 0. The number of hydrogen-bond donors (Lipinski definition) is 0. The fourth-order valence-electron chi connectivity index (χ4n) is 3.57. The van der Waals surface area contributed by atoms with Crippen molar-refractivity contribution in [1.29, 1.82) is 0 Å². The van der Waals surface area contributed by atoms with Gasteiger partial charge in [-0.05, 0) is 38.3 Å². The number of anilines is 2. The lowest BCUT2D eigenvalue weighted by atomic mass is 10.0. The molecule has 0 saturated carbocycles. The molecular formula is C17H25ClN4O3. The Labute approximate surface area is 153 Å². The maximum Gasteiger partial charge on any atom is 0.303 e. The molecule has 0 N–H and O–H groups in total. The van der Waals surface area contributed by atoms with Gasteiger partial charge in [-0.15, -0.1) is 0 Å². The van der Waals surface area contributed by atoms with Crippen molar-refractivity contribution in [1.82, 2.24) is 9.97 Å². The van der Waals surface area contributed by atoms with Crippen LogP contribution in [0.3, 0.4) is 0 Å². The topological polar surface area (TPSA) is 67.8 Å². The summed E-state index contributed by atoms with van der Waals surface area (Å²) in [5.41, 5.74) is 0.550. The number of carbonyl (C=O) groups is 1. The molecule has 0 aromatic carbocycles. The van der Waals surface area contributed by atoms with Gasteiger partial charge >= 0.3 is 5.97 Å². The molecule has 2 aliphatic heterocycles. The first kappa shape index (κ1) is 18.2. The number of fused-ring (bicyclic) bond motifs is 3. The summed E-state index contributed by atoms with van der Waals surface area (Å²) in [6.45, 7) is 9.25. The van der Waals surface area contributed by atoms with Gasteiger partial charge in [-0.1, -0.05) is 0 Å². The molecule has 7 nitrogen and oxygen atoms in total. The van der Waals surface area contributed by atoms with Gasteiger partial charge in [-0.3, -0.25) is 4.79 Å². The van der Waals surface area contributed by atoms with Crippen molar-refractivity contribution >= 4 is 29.1 Å². The van der Waals surface area contributed by atoms with Crippen LogP contribution in [0, 0.1) is 0 Å². The number of carbonyl (C=O) groups excluding carboxylic acids is 1. The van der Waals surface area contributed by atoms with Crippen LogP contribution in [0.5, 0.6) is 0 Å². The normalized spacial score (nSPS) is 20.1. The number of halogens is 1. The number of morpholine rings is 1. The maximum absolute atomic E-state index is 11.2. The lowest BCUT2D eigenvalue weighted by Gasteiger charge is -2.45. The fraction of sp³-hybridized carbons (Fsp3) is 0.706. The average molecular weight is 369 g/mol. The van der Waals surface area contributed by atoms with E-state index in [2.05, 4.69) is 19.8 Å². The first-order chi connectivity index (χ1) is 11.9. The van der Waals surface area contributed by atoms with Crippen LogP contribution in [-0.2, 0) is 14.3 Å². The van der Waals surface area contributed by atoms with Crippen molar-refractivity contribution < 1.29 is 14.3 Å². The van der Waals surface area contributed by atoms with E-state index in [0.29, 0.717) is 13.2 Å². The Morgan fingerprint density at radius 3 is 3.08 bits per heavy atom. The van der Waals surface area contributed by atoms with Crippen molar-refractivity contribution in [2.45, 2.75) is 45.3 Å². The quantitative estimate of drug-likeness (QED) is 0.583. The van der Waals surface area contributed by atoms with Crippen molar-refractivity contribution in [3.05, 3.63) is 11.5 Å². The smallest absolute Gasteiger partial charge is 0.303 e. The largest absolute Gasteiger partial charge is 0.460 e. The number of hydrogen-bond acceptors (Lipinski definition) is 7. The van der Waals surface area contributed by atoms with E-state index in [0.717, 1.165) is 44.0 Å². The second-order valence-corrected chi connectivity index (χ2v) is 7.51. The van der Waals surface area contributed by atoms with Gasteiger partial charge in [0, 0.05) is 26.6 Å². The highest BCUT2D eigenvalue weighted by Gasteiger charge is 2.34. The molecule has 1 saturated heterocycles. The highest BCUT2D eigenvalue weighted by Crippen LogP contribution is 2.35. The van der Waals surface area contributed by atoms with E-state index < -0.39 is 5.60 Å². The van der Waals surface area contributed by atoms with E-state index in [1.165, 1.54) is 6.92 Å². The summed E-state index contributed by atoms with van der Waals surface area (Å²) in [6.07, 6.45) is 3.49. The predicted molar refractivity (Wildman–Crippen MR) is 96.3 cm³/mol. The molecular weight excluding hydrogens is 344 g/mol. The SMILES string of the molecule is CC(=O)OC(C)(C)CCCN1C[C@@H]2COCCN2c2nc(Cl)ncc21. The van der Waals surface area contributed by atoms with Gasteiger partial charge in [0.05, 0.1) is 31.1 Å². The number of nitrogens with zero attached hydrogens (tertiary/aromatic N) is 4. The molecule has 2 aliphatic rings. The van der Waals surface area contributed by atoms with Crippen LogP contribution in [0.2, 0.25) is 5.28 Å². The summed E-state index contributed by atoms with van der Waals surface area (Å²) in [4.78, 5) is 24.4. The molecule has 0 amide bonds. The van der Waals surface area contributed by atoms with Gasteiger partial charge in [-0.2, -0.15) is 4.98 Å². The standard InChI is InChI=1S/C17H25ClN4O3/c1-12(23)25-17(2,3)5-4-6-21-10-13-11-24-8-7-22(13)15-14(21)9-19-16(18)20-15/h9,13H,4-8,10-11H2,1-3H3/t13-/m1/s1. The molecule has 1 aromatic heterocycles. The van der Waals surface area contributed by atoms with E-state index in [9.17, 15) is 4.79 Å². The first-order valence-electron chi connectivity index (χ1n) is 8.67. The van der Waals surface area contributed by atoms with E-state index in [1.54, 1.807) is 6.20 Å². The Morgan fingerprint density at radius 1 is 1.52 bits per heavy atom. The summed E-state index contributed by atoms with van der Waals surface area (Å²) in [5.74, 6) is 0.644. The third kappa shape index (κ3) is 4.33. The van der Waals surface area contributed by atoms with Crippen molar-refractivity contribution in [2.75, 3.05) is 42.6 Å². The molecule has 138 valence electrons. The average Bonchev–Trinajstić information content (AvgIpc) is 2.53. The van der Waals surface area contributed by atoms with Crippen molar-refractivity contribution in [3.63, 3.8) is 0 Å². The Kier molecular flexibility index (Phi) is 5.34. The van der Waals surface area contributed by atoms with Crippen LogP contribution in [-0.4, -0.2) is 60.4 Å². The maximum atomic E-state index is 11.2. The minimum absolute atomic E-state index is 0.244. The van der Waals surface area contributed by atoms with Crippen LogP contribution in [0.1, 0.15) is 33.6 Å². The fourth-order valence-corrected chi connectivity index (χ4v) is 3.69. The van der Waals surface area contributed by atoms with Gasteiger partial charge in [-0.25, -0.2) is 4.98 Å². The van der Waals surface area contributed by atoms with Gasteiger partial charge in [0.2, 0.25) is 5.28 Å². The summed E-state index contributed by atoms with van der Waals surface area (Å²) < 4.78 is 11.0. The third-order valence-corrected chi connectivity index (χ3v) is 4.80. The minimum atomic E-state index is -0.457. The Morgan fingerprint density at radius 2 is 2.32 bits per heavy atom. The summed E-state index contributed by atoms with van der Waals surface area (Å²) >= 11 is 6.02. The van der Waals surface area contributed by atoms with Crippen LogP contribution >= 0.6 is 11.6 Å². The zero-order valence-electron chi connectivity index (χ0n) is 15.0. The minimum Gasteiger partial charge on any atom is -0.460 e.